The first kappa shape index (κ1) is 18.1. The van der Waals surface area contributed by atoms with Crippen LogP contribution in [0.25, 0.3) is 33.3 Å². The quantitative estimate of drug-likeness (QED) is 0.380. The Morgan fingerprint density at radius 3 is 2.57 bits per heavy atom. The maximum absolute atomic E-state index is 13.3. The molecule has 0 saturated carbocycles. The molecule has 0 unspecified atom stereocenters. The first-order valence-electron chi connectivity index (χ1n) is 9.86. The second-order valence-electron chi connectivity index (χ2n) is 7.49. The number of rotatable bonds is 3. The maximum Gasteiger partial charge on any atom is 0.256 e. The molecule has 2 heterocycles. The van der Waals surface area contributed by atoms with Crippen molar-refractivity contribution in [2.75, 3.05) is 5.32 Å². The van der Waals surface area contributed by atoms with Gasteiger partial charge in [-0.15, -0.1) is 0 Å². The summed E-state index contributed by atoms with van der Waals surface area (Å²) in [4.78, 5) is 18.0. The topological polar surface area (TPSA) is 55.1 Å². The van der Waals surface area contributed by atoms with Crippen LogP contribution in [0.1, 0.15) is 21.5 Å². The monoisotopic (exact) mass is 392 g/mol. The van der Waals surface area contributed by atoms with E-state index in [0.717, 1.165) is 38.7 Å². The van der Waals surface area contributed by atoms with Crippen molar-refractivity contribution in [3.63, 3.8) is 0 Å². The third-order valence-corrected chi connectivity index (χ3v) is 5.28. The van der Waals surface area contributed by atoms with Crippen molar-refractivity contribution < 1.29 is 9.21 Å². The van der Waals surface area contributed by atoms with Crippen molar-refractivity contribution in [1.29, 1.82) is 0 Å². The molecule has 30 heavy (non-hydrogen) atoms. The smallest absolute Gasteiger partial charge is 0.256 e. The van der Waals surface area contributed by atoms with Crippen LogP contribution in [-0.2, 0) is 0 Å². The molecule has 0 atom stereocenters. The molecule has 0 spiro atoms. The SMILES string of the molecule is Cc1ccc(C)c(NC(=O)c2cc(-c3cc4ccccc4o3)nc3ccccc23)c1. The molecule has 2 aromatic heterocycles. The molecule has 146 valence electrons. The van der Waals surface area contributed by atoms with Crippen LogP contribution in [0.5, 0.6) is 0 Å². The minimum Gasteiger partial charge on any atom is -0.454 e. The zero-order valence-electron chi connectivity index (χ0n) is 16.8. The largest absolute Gasteiger partial charge is 0.454 e. The Morgan fingerprint density at radius 2 is 1.70 bits per heavy atom. The highest BCUT2D eigenvalue weighted by atomic mass is 16.3. The van der Waals surface area contributed by atoms with Crippen LogP contribution < -0.4 is 5.32 Å². The highest BCUT2D eigenvalue weighted by Gasteiger charge is 2.17. The zero-order chi connectivity index (χ0) is 20.7. The van der Waals surface area contributed by atoms with Crippen LogP contribution in [0.3, 0.4) is 0 Å². The molecule has 5 rings (SSSR count). The summed E-state index contributed by atoms with van der Waals surface area (Å²) >= 11 is 0. The molecule has 4 nitrogen and oxygen atoms in total. The number of fused-ring (bicyclic) bond motifs is 2. The van der Waals surface area contributed by atoms with Crippen LogP contribution in [-0.4, -0.2) is 10.9 Å². The number of aromatic nitrogens is 1. The van der Waals surface area contributed by atoms with Gasteiger partial charge in [0.25, 0.3) is 5.91 Å². The predicted octanol–water partition coefficient (Wildman–Crippen LogP) is 6.52. The van der Waals surface area contributed by atoms with E-state index in [4.69, 9.17) is 9.40 Å². The molecule has 0 aliphatic rings. The van der Waals surface area contributed by atoms with Gasteiger partial charge in [-0.25, -0.2) is 4.98 Å². The van der Waals surface area contributed by atoms with Gasteiger partial charge in [-0.05, 0) is 55.3 Å². The van der Waals surface area contributed by atoms with Crippen molar-refractivity contribution in [1.82, 2.24) is 4.98 Å². The third-order valence-electron chi connectivity index (χ3n) is 5.28. The fourth-order valence-electron chi connectivity index (χ4n) is 3.66. The summed E-state index contributed by atoms with van der Waals surface area (Å²) in [5.74, 6) is 0.474. The Kier molecular flexibility index (Phi) is 4.32. The van der Waals surface area contributed by atoms with E-state index in [1.54, 1.807) is 6.07 Å². The highest BCUT2D eigenvalue weighted by Crippen LogP contribution is 2.30. The summed E-state index contributed by atoms with van der Waals surface area (Å²) in [6.07, 6.45) is 0. The van der Waals surface area contributed by atoms with Crippen LogP contribution in [0.2, 0.25) is 0 Å². The van der Waals surface area contributed by atoms with E-state index in [1.165, 1.54) is 0 Å². The fourth-order valence-corrected chi connectivity index (χ4v) is 3.66. The van der Waals surface area contributed by atoms with Gasteiger partial charge in [-0.2, -0.15) is 0 Å². The van der Waals surface area contributed by atoms with Gasteiger partial charge in [0.05, 0.1) is 11.1 Å². The lowest BCUT2D eigenvalue weighted by Crippen LogP contribution is -2.14. The number of furan rings is 1. The van der Waals surface area contributed by atoms with E-state index >= 15 is 0 Å². The van der Waals surface area contributed by atoms with Crippen molar-refractivity contribution >= 4 is 33.5 Å². The first-order chi connectivity index (χ1) is 14.6. The van der Waals surface area contributed by atoms with Crippen LogP contribution >= 0.6 is 0 Å². The molecule has 4 heteroatoms. The number of pyridine rings is 1. The third kappa shape index (κ3) is 3.22. The molecule has 0 saturated heterocycles. The number of carbonyl (C=O) groups is 1. The molecule has 1 amide bonds. The normalized spacial score (nSPS) is 11.1. The summed E-state index contributed by atoms with van der Waals surface area (Å²) in [6.45, 7) is 4.00. The minimum absolute atomic E-state index is 0.167. The Labute approximate surface area is 174 Å². The van der Waals surface area contributed by atoms with Gasteiger partial charge in [0.15, 0.2) is 5.76 Å². The number of hydrogen-bond donors (Lipinski definition) is 1. The average molecular weight is 392 g/mol. The molecule has 0 aliphatic carbocycles. The van der Waals surface area contributed by atoms with E-state index in [1.807, 2.05) is 86.6 Å². The lowest BCUT2D eigenvalue weighted by Gasteiger charge is -2.12. The Morgan fingerprint density at radius 1 is 0.900 bits per heavy atom. The summed E-state index contributed by atoms with van der Waals surface area (Å²) in [5, 5.41) is 4.88. The van der Waals surface area contributed by atoms with Crippen molar-refractivity contribution in [2.45, 2.75) is 13.8 Å². The lowest BCUT2D eigenvalue weighted by molar-refractivity contribution is 0.102. The number of benzene rings is 3. The highest BCUT2D eigenvalue weighted by molar-refractivity contribution is 6.13. The molecule has 0 bridgehead atoms. The number of para-hydroxylation sites is 2. The van der Waals surface area contributed by atoms with Gasteiger partial charge in [0, 0.05) is 16.5 Å². The fraction of sp³-hybridized carbons (Fsp3) is 0.0769. The van der Waals surface area contributed by atoms with Gasteiger partial charge in [-0.1, -0.05) is 48.5 Å². The predicted molar refractivity (Wildman–Crippen MR) is 121 cm³/mol. The van der Waals surface area contributed by atoms with E-state index in [9.17, 15) is 4.79 Å². The average Bonchev–Trinajstić information content (AvgIpc) is 3.20. The summed E-state index contributed by atoms with van der Waals surface area (Å²) < 4.78 is 6.00. The second-order valence-corrected chi connectivity index (χ2v) is 7.49. The molecule has 0 radical (unpaired) electrons. The number of amides is 1. The van der Waals surface area contributed by atoms with Gasteiger partial charge >= 0.3 is 0 Å². The van der Waals surface area contributed by atoms with Gasteiger partial charge < -0.3 is 9.73 Å². The first-order valence-corrected chi connectivity index (χ1v) is 9.86. The molecule has 0 fully saturated rings. The Balaban J connectivity index is 1.63. The van der Waals surface area contributed by atoms with E-state index in [0.29, 0.717) is 17.0 Å². The van der Waals surface area contributed by atoms with Gasteiger partial charge in [0.1, 0.15) is 11.3 Å². The van der Waals surface area contributed by atoms with Crippen LogP contribution in [0, 0.1) is 13.8 Å². The molecule has 3 aromatic carbocycles. The van der Waals surface area contributed by atoms with Gasteiger partial charge in [-0.3, -0.25) is 4.79 Å². The molecule has 5 aromatic rings. The van der Waals surface area contributed by atoms with Crippen molar-refractivity contribution in [3.8, 4) is 11.5 Å². The van der Waals surface area contributed by atoms with E-state index in [-0.39, 0.29) is 5.91 Å². The number of anilines is 1. The van der Waals surface area contributed by atoms with Crippen LogP contribution in [0.15, 0.2) is 83.3 Å². The number of hydrogen-bond acceptors (Lipinski definition) is 3. The molecule has 1 N–H and O–H groups in total. The summed E-state index contributed by atoms with van der Waals surface area (Å²) in [7, 11) is 0. The summed E-state index contributed by atoms with van der Waals surface area (Å²) in [6, 6.07) is 25.3. The lowest BCUT2D eigenvalue weighted by atomic mass is 10.0. The van der Waals surface area contributed by atoms with E-state index in [2.05, 4.69) is 5.32 Å². The maximum atomic E-state index is 13.3. The van der Waals surface area contributed by atoms with Crippen molar-refractivity contribution in [3.05, 3.63) is 95.6 Å². The second kappa shape index (κ2) is 7.16. The minimum atomic E-state index is -0.167. The standard InChI is InChI=1S/C26H20N2O2/c1-16-11-12-17(2)22(13-16)28-26(29)20-15-23(27-21-9-5-4-8-19(20)21)25-14-18-7-3-6-10-24(18)30-25/h3-15H,1-2H3,(H,28,29). The van der Waals surface area contributed by atoms with Gasteiger partial charge in [0.2, 0.25) is 0 Å². The Bertz CT molecular complexity index is 1380. The molecular formula is C26H20N2O2. The zero-order valence-corrected chi connectivity index (χ0v) is 16.8. The molecular weight excluding hydrogens is 372 g/mol. The number of nitrogens with one attached hydrogen (secondary N) is 1. The van der Waals surface area contributed by atoms with E-state index < -0.39 is 0 Å². The number of carbonyl (C=O) groups excluding carboxylic acids is 1. The summed E-state index contributed by atoms with van der Waals surface area (Å²) in [5.41, 5.74) is 5.67. The Hall–Kier alpha value is -3.92. The number of nitrogens with zero attached hydrogens (tertiary/aromatic N) is 1. The van der Waals surface area contributed by atoms with Crippen molar-refractivity contribution in [2.24, 2.45) is 0 Å². The number of aryl methyl sites for hydroxylation is 2. The van der Waals surface area contributed by atoms with Crippen LogP contribution in [0.4, 0.5) is 5.69 Å². The molecule has 0 aliphatic heterocycles.